The van der Waals surface area contributed by atoms with Crippen LogP contribution in [0.3, 0.4) is 0 Å². The van der Waals surface area contributed by atoms with Gasteiger partial charge in [0.15, 0.2) is 0 Å². The summed E-state index contributed by atoms with van der Waals surface area (Å²) in [6.07, 6.45) is -0.902. The number of amides is 3. The molecule has 2 rings (SSSR count). The Kier molecular flexibility index (Phi) is 11.4. The van der Waals surface area contributed by atoms with Gasteiger partial charge in [-0.1, -0.05) is 38.1 Å². The second-order valence-corrected chi connectivity index (χ2v) is 9.64. The molecule has 0 spiro atoms. The van der Waals surface area contributed by atoms with Gasteiger partial charge in [0.25, 0.3) is 0 Å². The highest BCUT2D eigenvalue weighted by molar-refractivity contribution is 5.95. The lowest BCUT2D eigenvalue weighted by molar-refractivity contribution is -0.143. The van der Waals surface area contributed by atoms with Crippen LogP contribution in [0.15, 0.2) is 48.5 Å². The summed E-state index contributed by atoms with van der Waals surface area (Å²) in [7, 11) is 0. The van der Waals surface area contributed by atoms with Crippen LogP contribution in [0.1, 0.15) is 31.4 Å². The molecule has 216 valence electrons. The first kappa shape index (κ1) is 31.6. The average Bonchev–Trinajstić information content (AvgIpc) is 2.88. The van der Waals surface area contributed by atoms with E-state index in [1.165, 1.54) is 36.4 Å². The SMILES string of the molecule is CC(C)C(NC(=O)C(N)Cc1ccc(O)cc1)C(=O)NC(CC(=O)O)C(=O)NC(Cc1ccc(O)cc1)C(=O)O. The highest BCUT2D eigenvalue weighted by Gasteiger charge is 2.33. The van der Waals surface area contributed by atoms with Crippen LogP contribution in [0.2, 0.25) is 0 Å². The number of carbonyl (C=O) groups is 5. The zero-order chi connectivity index (χ0) is 30.0. The molecule has 0 radical (unpaired) electrons. The molecule has 9 N–H and O–H groups in total. The number of hydrogen-bond donors (Lipinski definition) is 8. The van der Waals surface area contributed by atoms with E-state index >= 15 is 0 Å². The number of hydrogen-bond acceptors (Lipinski definition) is 8. The van der Waals surface area contributed by atoms with Gasteiger partial charge >= 0.3 is 11.9 Å². The maximum absolute atomic E-state index is 13.1. The second-order valence-electron chi connectivity index (χ2n) is 9.64. The second kappa shape index (κ2) is 14.5. The number of carboxylic acid groups (broad SMARTS) is 2. The summed E-state index contributed by atoms with van der Waals surface area (Å²) in [5.74, 6) is -5.85. The minimum Gasteiger partial charge on any atom is -0.508 e. The van der Waals surface area contributed by atoms with Crippen LogP contribution in [0.25, 0.3) is 0 Å². The molecule has 4 unspecified atom stereocenters. The van der Waals surface area contributed by atoms with E-state index in [4.69, 9.17) is 5.73 Å². The molecule has 0 aromatic heterocycles. The molecule has 0 aliphatic heterocycles. The Balaban J connectivity index is 2.11. The van der Waals surface area contributed by atoms with Crippen LogP contribution < -0.4 is 21.7 Å². The molecule has 0 fully saturated rings. The Morgan fingerprint density at radius 3 is 1.62 bits per heavy atom. The average molecular weight is 559 g/mol. The molecule has 2 aromatic carbocycles. The van der Waals surface area contributed by atoms with Gasteiger partial charge in [-0.3, -0.25) is 19.2 Å². The number of rotatable bonds is 14. The third kappa shape index (κ3) is 9.91. The standard InChI is InChI=1S/C27H34N4O9/c1-14(2)23(31-24(36)19(28)11-15-3-7-17(32)8-4-15)26(38)29-20(13-22(34)35)25(37)30-21(27(39)40)12-16-5-9-18(33)10-6-16/h3-10,14,19-21,23,32-33H,11-13,28H2,1-2H3,(H,29,38)(H,30,37)(H,31,36)(H,34,35)(H,39,40). The van der Waals surface area contributed by atoms with Crippen LogP contribution in [-0.4, -0.2) is 74.3 Å². The van der Waals surface area contributed by atoms with Crippen molar-refractivity contribution in [2.24, 2.45) is 11.7 Å². The van der Waals surface area contributed by atoms with Crippen molar-refractivity contribution in [3.8, 4) is 11.5 Å². The van der Waals surface area contributed by atoms with Gasteiger partial charge in [0.2, 0.25) is 17.7 Å². The Labute approximate surface area is 230 Å². The summed E-state index contributed by atoms with van der Waals surface area (Å²) >= 11 is 0. The lowest BCUT2D eigenvalue weighted by Gasteiger charge is -2.26. The van der Waals surface area contributed by atoms with Gasteiger partial charge < -0.3 is 42.1 Å². The first-order valence-corrected chi connectivity index (χ1v) is 12.4. The molecule has 0 bridgehead atoms. The molecule has 0 aliphatic carbocycles. The van der Waals surface area contributed by atoms with Crippen LogP contribution in [-0.2, 0) is 36.8 Å². The van der Waals surface area contributed by atoms with Crippen molar-refractivity contribution in [2.75, 3.05) is 0 Å². The lowest BCUT2D eigenvalue weighted by Crippen LogP contribution is -2.59. The smallest absolute Gasteiger partial charge is 0.326 e. The summed E-state index contributed by atoms with van der Waals surface area (Å²) < 4.78 is 0. The predicted molar refractivity (Wildman–Crippen MR) is 142 cm³/mol. The summed E-state index contributed by atoms with van der Waals surface area (Å²) in [4.78, 5) is 61.9. The van der Waals surface area contributed by atoms with E-state index in [-0.39, 0.29) is 24.3 Å². The first-order valence-electron chi connectivity index (χ1n) is 12.4. The minimum absolute atomic E-state index is 0.0306. The number of phenols is 2. The monoisotopic (exact) mass is 558 g/mol. The number of carbonyl (C=O) groups excluding carboxylic acids is 3. The van der Waals surface area contributed by atoms with Crippen molar-refractivity contribution in [2.45, 2.75) is 57.3 Å². The fourth-order valence-electron chi connectivity index (χ4n) is 3.76. The van der Waals surface area contributed by atoms with Gasteiger partial charge in [-0.15, -0.1) is 0 Å². The number of nitrogens with one attached hydrogen (secondary N) is 3. The van der Waals surface area contributed by atoms with Crippen LogP contribution >= 0.6 is 0 Å². The molecule has 0 saturated heterocycles. The largest absolute Gasteiger partial charge is 0.508 e. The van der Waals surface area contributed by atoms with Crippen molar-refractivity contribution in [3.63, 3.8) is 0 Å². The number of benzene rings is 2. The van der Waals surface area contributed by atoms with Gasteiger partial charge in [0.1, 0.15) is 29.6 Å². The topological polar surface area (TPSA) is 228 Å². The van der Waals surface area contributed by atoms with E-state index in [0.29, 0.717) is 11.1 Å². The molecule has 40 heavy (non-hydrogen) atoms. The Bertz CT molecular complexity index is 1200. The van der Waals surface area contributed by atoms with Crippen LogP contribution in [0.5, 0.6) is 11.5 Å². The molecule has 0 heterocycles. The van der Waals surface area contributed by atoms with E-state index in [1.54, 1.807) is 26.0 Å². The molecule has 0 saturated carbocycles. The molecule has 13 heteroatoms. The van der Waals surface area contributed by atoms with E-state index in [1.807, 2.05) is 0 Å². The maximum Gasteiger partial charge on any atom is 0.326 e. The zero-order valence-electron chi connectivity index (χ0n) is 22.0. The number of carboxylic acids is 2. The maximum atomic E-state index is 13.1. The first-order chi connectivity index (χ1) is 18.8. The van der Waals surface area contributed by atoms with Gasteiger partial charge in [-0.25, -0.2) is 4.79 Å². The van der Waals surface area contributed by atoms with Crippen molar-refractivity contribution < 1.29 is 44.4 Å². The molecular weight excluding hydrogens is 524 g/mol. The zero-order valence-corrected chi connectivity index (χ0v) is 22.0. The number of aliphatic carboxylic acids is 2. The van der Waals surface area contributed by atoms with Crippen LogP contribution in [0.4, 0.5) is 0 Å². The van der Waals surface area contributed by atoms with Gasteiger partial charge in [0, 0.05) is 6.42 Å². The molecule has 0 aliphatic rings. The molecule has 3 amide bonds. The van der Waals surface area contributed by atoms with Crippen molar-refractivity contribution in [1.29, 1.82) is 0 Å². The normalized spacial score (nSPS) is 13.9. The summed E-state index contributed by atoms with van der Waals surface area (Å²) in [5.41, 5.74) is 7.14. The summed E-state index contributed by atoms with van der Waals surface area (Å²) in [6.45, 7) is 3.25. The highest BCUT2D eigenvalue weighted by Crippen LogP contribution is 2.13. The molecule has 2 aromatic rings. The van der Waals surface area contributed by atoms with E-state index in [2.05, 4.69) is 16.0 Å². The fourth-order valence-corrected chi connectivity index (χ4v) is 3.76. The quantitative estimate of drug-likeness (QED) is 0.153. The number of aromatic hydroxyl groups is 2. The van der Waals surface area contributed by atoms with Gasteiger partial charge in [-0.2, -0.15) is 0 Å². The Hall–Kier alpha value is -4.65. The third-order valence-corrected chi connectivity index (χ3v) is 5.98. The van der Waals surface area contributed by atoms with Crippen molar-refractivity contribution >= 4 is 29.7 Å². The summed E-state index contributed by atoms with van der Waals surface area (Å²) in [5, 5.41) is 44.8. The van der Waals surface area contributed by atoms with Crippen molar-refractivity contribution in [1.82, 2.24) is 16.0 Å². The lowest BCUT2D eigenvalue weighted by atomic mass is 10.0. The van der Waals surface area contributed by atoms with E-state index < -0.39 is 66.2 Å². The van der Waals surface area contributed by atoms with Gasteiger partial charge in [0.05, 0.1) is 12.5 Å². The molecule has 13 nitrogen and oxygen atoms in total. The van der Waals surface area contributed by atoms with Crippen LogP contribution in [0, 0.1) is 5.92 Å². The van der Waals surface area contributed by atoms with E-state index in [9.17, 15) is 44.4 Å². The van der Waals surface area contributed by atoms with E-state index in [0.717, 1.165) is 0 Å². The fraction of sp³-hybridized carbons (Fsp3) is 0.370. The Morgan fingerprint density at radius 1 is 0.700 bits per heavy atom. The van der Waals surface area contributed by atoms with Crippen molar-refractivity contribution in [3.05, 3.63) is 59.7 Å². The third-order valence-electron chi connectivity index (χ3n) is 5.98. The molecule has 4 atom stereocenters. The Morgan fingerprint density at radius 2 is 1.18 bits per heavy atom. The highest BCUT2D eigenvalue weighted by atomic mass is 16.4. The predicted octanol–water partition coefficient (Wildman–Crippen LogP) is -0.120. The summed E-state index contributed by atoms with van der Waals surface area (Å²) in [6, 6.07) is 6.37. The molecular formula is C27H34N4O9. The minimum atomic E-state index is -1.64. The number of nitrogens with two attached hydrogens (primary N) is 1. The van der Waals surface area contributed by atoms with Gasteiger partial charge in [-0.05, 0) is 47.7 Å². The number of phenolic OH excluding ortho intramolecular Hbond substituents is 2.